The van der Waals surface area contributed by atoms with Gasteiger partial charge in [-0.2, -0.15) is 0 Å². The molecule has 0 amide bonds. The SMILES string of the molecule is Cc1cc(NC2C3CCOC3C2(C)C)cnc1Cl. The van der Waals surface area contributed by atoms with Gasteiger partial charge in [0.1, 0.15) is 5.15 Å². The Balaban J connectivity index is 1.78. The number of pyridine rings is 1. The van der Waals surface area contributed by atoms with E-state index in [1.54, 1.807) is 0 Å². The van der Waals surface area contributed by atoms with Crippen LogP contribution in [0, 0.1) is 18.3 Å². The number of fused-ring (bicyclic) bond motifs is 1. The largest absolute Gasteiger partial charge is 0.380 e. The first-order valence-corrected chi connectivity index (χ1v) is 6.88. The summed E-state index contributed by atoms with van der Waals surface area (Å²) in [6, 6.07) is 2.53. The van der Waals surface area contributed by atoms with Crippen molar-refractivity contribution in [2.24, 2.45) is 11.3 Å². The van der Waals surface area contributed by atoms with Gasteiger partial charge < -0.3 is 10.1 Å². The van der Waals surface area contributed by atoms with Crippen molar-refractivity contribution in [3.63, 3.8) is 0 Å². The van der Waals surface area contributed by atoms with Crippen LogP contribution >= 0.6 is 11.6 Å². The average Bonchev–Trinajstić information content (AvgIpc) is 2.77. The minimum atomic E-state index is 0.189. The van der Waals surface area contributed by atoms with E-state index in [1.807, 2.05) is 13.1 Å². The molecule has 2 aliphatic rings. The van der Waals surface area contributed by atoms with Crippen molar-refractivity contribution in [1.82, 2.24) is 4.98 Å². The number of anilines is 1. The van der Waals surface area contributed by atoms with E-state index < -0.39 is 0 Å². The fraction of sp³-hybridized carbons (Fsp3) is 0.643. The summed E-state index contributed by atoms with van der Waals surface area (Å²) in [4.78, 5) is 4.20. The normalized spacial score (nSPS) is 32.8. The lowest BCUT2D eigenvalue weighted by Crippen LogP contribution is -2.63. The zero-order valence-electron chi connectivity index (χ0n) is 11.0. The van der Waals surface area contributed by atoms with Gasteiger partial charge in [0.05, 0.1) is 18.0 Å². The summed E-state index contributed by atoms with van der Waals surface area (Å²) in [6.07, 6.45) is 3.39. The maximum absolute atomic E-state index is 5.95. The van der Waals surface area contributed by atoms with Crippen LogP contribution in [0.25, 0.3) is 0 Å². The second kappa shape index (κ2) is 4.10. The number of nitrogens with zero attached hydrogens (tertiary/aromatic N) is 1. The van der Waals surface area contributed by atoms with Crippen LogP contribution in [-0.2, 0) is 4.74 Å². The van der Waals surface area contributed by atoms with E-state index in [9.17, 15) is 0 Å². The summed E-state index contributed by atoms with van der Waals surface area (Å²) in [5.74, 6) is 0.635. The Kier molecular flexibility index (Phi) is 2.79. The molecule has 1 aliphatic heterocycles. The quantitative estimate of drug-likeness (QED) is 0.835. The van der Waals surface area contributed by atoms with Gasteiger partial charge in [-0.1, -0.05) is 25.4 Å². The molecule has 3 atom stereocenters. The maximum atomic E-state index is 5.95. The number of rotatable bonds is 2. The van der Waals surface area contributed by atoms with Gasteiger partial charge in [0, 0.05) is 24.0 Å². The van der Waals surface area contributed by atoms with Crippen LogP contribution in [0.15, 0.2) is 12.3 Å². The number of aromatic nitrogens is 1. The molecule has 1 saturated heterocycles. The monoisotopic (exact) mass is 266 g/mol. The minimum Gasteiger partial charge on any atom is -0.380 e. The maximum Gasteiger partial charge on any atom is 0.132 e. The van der Waals surface area contributed by atoms with Gasteiger partial charge in [-0.25, -0.2) is 4.98 Å². The minimum absolute atomic E-state index is 0.189. The number of hydrogen-bond donors (Lipinski definition) is 1. The van der Waals surface area contributed by atoms with E-state index in [0.717, 1.165) is 24.3 Å². The molecule has 1 aromatic rings. The Labute approximate surface area is 113 Å². The van der Waals surface area contributed by atoms with Crippen LogP contribution in [-0.4, -0.2) is 23.7 Å². The van der Waals surface area contributed by atoms with E-state index in [4.69, 9.17) is 16.3 Å². The fourth-order valence-electron chi connectivity index (χ4n) is 3.43. The topological polar surface area (TPSA) is 34.1 Å². The Bertz CT molecular complexity index is 475. The van der Waals surface area contributed by atoms with Gasteiger partial charge >= 0.3 is 0 Å². The molecule has 1 saturated carbocycles. The Morgan fingerprint density at radius 1 is 1.50 bits per heavy atom. The van der Waals surface area contributed by atoms with Crippen LogP contribution in [0.5, 0.6) is 0 Å². The van der Waals surface area contributed by atoms with Crippen molar-refractivity contribution in [1.29, 1.82) is 0 Å². The summed E-state index contributed by atoms with van der Waals surface area (Å²) in [5, 5.41) is 4.19. The Hall–Kier alpha value is -0.800. The molecule has 0 spiro atoms. The van der Waals surface area contributed by atoms with E-state index in [0.29, 0.717) is 23.2 Å². The van der Waals surface area contributed by atoms with E-state index in [2.05, 4.69) is 30.2 Å². The number of halogens is 1. The molecule has 4 heteroatoms. The standard InChI is InChI=1S/C14H19ClN2O/c1-8-6-9(7-16-13(8)15)17-11-10-4-5-18-12(10)14(11,2)3/h6-7,10-12,17H,4-5H2,1-3H3. The molecular formula is C14H19ClN2O. The van der Waals surface area contributed by atoms with Gasteiger partial charge in [-0.15, -0.1) is 0 Å². The molecule has 1 aromatic heterocycles. The van der Waals surface area contributed by atoms with Gasteiger partial charge in [0.15, 0.2) is 0 Å². The first-order valence-electron chi connectivity index (χ1n) is 6.50. The van der Waals surface area contributed by atoms with Crippen molar-refractivity contribution in [3.8, 4) is 0 Å². The molecule has 98 valence electrons. The second-order valence-electron chi connectivity index (χ2n) is 6.02. The summed E-state index contributed by atoms with van der Waals surface area (Å²) in [7, 11) is 0. The molecule has 0 bridgehead atoms. The molecule has 0 aromatic carbocycles. The van der Waals surface area contributed by atoms with Crippen LogP contribution in [0.1, 0.15) is 25.8 Å². The third kappa shape index (κ3) is 1.72. The summed E-state index contributed by atoms with van der Waals surface area (Å²) in [5.41, 5.74) is 2.26. The first-order chi connectivity index (χ1) is 8.50. The lowest BCUT2D eigenvalue weighted by Gasteiger charge is -2.55. The van der Waals surface area contributed by atoms with Crippen molar-refractivity contribution in [2.45, 2.75) is 39.3 Å². The van der Waals surface area contributed by atoms with Gasteiger partial charge in [0.25, 0.3) is 0 Å². The van der Waals surface area contributed by atoms with E-state index >= 15 is 0 Å². The van der Waals surface area contributed by atoms with Gasteiger partial charge in [-0.05, 0) is 25.0 Å². The highest BCUT2D eigenvalue weighted by atomic mass is 35.5. The predicted octanol–water partition coefficient (Wildman–Crippen LogP) is 3.27. The molecule has 1 N–H and O–H groups in total. The number of nitrogens with one attached hydrogen (secondary N) is 1. The van der Waals surface area contributed by atoms with E-state index in [1.165, 1.54) is 0 Å². The van der Waals surface area contributed by atoms with Crippen LogP contribution < -0.4 is 5.32 Å². The van der Waals surface area contributed by atoms with Crippen molar-refractivity contribution in [2.75, 3.05) is 11.9 Å². The molecule has 2 fully saturated rings. The van der Waals surface area contributed by atoms with E-state index in [-0.39, 0.29) is 5.41 Å². The summed E-state index contributed by atoms with van der Waals surface area (Å²) >= 11 is 5.95. The zero-order chi connectivity index (χ0) is 12.9. The summed E-state index contributed by atoms with van der Waals surface area (Å²) in [6.45, 7) is 7.42. The molecule has 3 rings (SSSR count). The van der Waals surface area contributed by atoms with Crippen molar-refractivity contribution in [3.05, 3.63) is 23.0 Å². The third-order valence-corrected chi connectivity index (χ3v) is 4.83. The molecule has 1 aliphatic carbocycles. The van der Waals surface area contributed by atoms with Crippen LogP contribution in [0.2, 0.25) is 5.15 Å². The fourth-order valence-corrected chi connectivity index (χ4v) is 3.54. The number of ether oxygens (including phenoxy) is 1. The van der Waals surface area contributed by atoms with Gasteiger partial charge in [-0.3, -0.25) is 0 Å². The molecule has 2 heterocycles. The average molecular weight is 267 g/mol. The zero-order valence-corrected chi connectivity index (χ0v) is 11.8. The molecular weight excluding hydrogens is 248 g/mol. The van der Waals surface area contributed by atoms with Crippen molar-refractivity contribution < 1.29 is 4.74 Å². The Morgan fingerprint density at radius 3 is 3.00 bits per heavy atom. The lowest BCUT2D eigenvalue weighted by molar-refractivity contribution is -0.0923. The third-order valence-electron chi connectivity index (χ3n) is 4.44. The van der Waals surface area contributed by atoms with Crippen molar-refractivity contribution >= 4 is 17.3 Å². The lowest BCUT2D eigenvalue weighted by atomic mass is 9.57. The predicted molar refractivity (Wildman–Crippen MR) is 73.0 cm³/mol. The number of aryl methyl sites for hydroxylation is 1. The highest BCUT2D eigenvalue weighted by Crippen LogP contribution is 2.53. The number of hydrogen-bond acceptors (Lipinski definition) is 3. The first kappa shape index (κ1) is 12.2. The van der Waals surface area contributed by atoms with Crippen LogP contribution in [0.4, 0.5) is 5.69 Å². The molecule has 3 nitrogen and oxygen atoms in total. The Morgan fingerprint density at radius 2 is 2.28 bits per heavy atom. The summed E-state index contributed by atoms with van der Waals surface area (Å²) < 4.78 is 5.80. The van der Waals surface area contributed by atoms with Crippen LogP contribution in [0.3, 0.4) is 0 Å². The molecule has 18 heavy (non-hydrogen) atoms. The smallest absolute Gasteiger partial charge is 0.132 e. The second-order valence-corrected chi connectivity index (χ2v) is 6.38. The highest BCUT2D eigenvalue weighted by molar-refractivity contribution is 6.30. The van der Waals surface area contributed by atoms with Gasteiger partial charge in [0.2, 0.25) is 0 Å². The highest BCUT2D eigenvalue weighted by Gasteiger charge is 2.59. The molecule has 0 radical (unpaired) electrons. The molecule has 3 unspecified atom stereocenters.